The van der Waals surface area contributed by atoms with E-state index in [4.69, 9.17) is 0 Å². The van der Waals surface area contributed by atoms with E-state index in [9.17, 15) is 4.79 Å². The van der Waals surface area contributed by atoms with E-state index in [1.807, 2.05) is 16.7 Å². The van der Waals surface area contributed by atoms with Crippen molar-refractivity contribution >= 4 is 48.1 Å². The summed E-state index contributed by atoms with van der Waals surface area (Å²) in [5.41, 5.74) is 3.17. The Hall–Kier alpha value is -0.950. The van der Waals surface area contributed by atoms with E-state index >= 15 is 0 Å². The van der Waals surface area contributed by atoms with Crippen molar-refractivity contribution in [1.82, 2.24) is 20.0 Å². The molecule has 0 aromatic carbocycles. The van der Waals surface area contributed by atoms with E-state index in [2.05, 4.69) is 41.7 Å². The van der Waals surface area contributed by atoms with Crippen LogP contribution < -0.4 is 10.6 Å². The van der Waals surface area contributed by atoms with Gasteiger partial charge in [0.25, 0.3) is 0 Å². The number of amides is 1. The van der Waals surface area contributed by atoms with Crippen LogP contribution in [0.4, 0.5) is 0 Å². The number of aromatic nitrogens is 2. The van der Waals surface area contributed by atoms with Crippen molar-refractivity contribution in [1.29, 1.82) is 0 Å². The third-order valence-corrected chi connectivity index (χ3v) is 4.15. The van der Waals surface area contributed by atoms with Crippen LogP contribution in [0.2, 0.25) is 0 Å². The number of imidazole rings is 1. The molecule has 1 amide bonds. The number of carbonyl (C=O) groups excluding carboxylic acids is 1. The first-order valence-corrected chi connectivity index (χ1v) is 8.84. The minimum atomic E-state index is 0. The fourth-order valence-electron chi connectivity index (χ4n) is 2.12. The van der Waals surface area contributed by atoms with Gasteiger partial charge >= 0.3 is 0 Å². The average molecular weight is 393 g/mol. The second-order valence-corrected chi connectivity index (χ2v) is 6.28. The van der Waals surface area contributed by atoms with Crippen LogP contribution in [0.15, 0.2) is 24.5 Å². The molecule has 0 atom stereocenters. The maximum absolute atomic E-state index is 11.7. The molecule has 8 heteroatoms. The summed E-state index contributed by atoms with van der Waals surface area (Å²) in [5.74, 6) is 1.31. The van der Waals surface area contributed by atoms with Gasteiger partial charge in [0.2, 0.25) is 5.91 Å². The Morgan fingerprint density at radius 3 is 2.75 bits per heavy atom. The highest BCUT2D eigenvalue weighted by atomic mass is 35.5. The monoisotopic (exact) mass is 392 g/mol. The molecule has 2 N–H and O–H groups in total. The van der Waals surface area contributed by atoms with Crippen molar-refractivity contribution in [2.45, 2.75) is 26.0 Å². The van der Waals surface area contributed by atoms with Crippen LogP contribution in [0.5, 0.6) is 0 Å². The highest BCUT2D eigenvalue weighted by Crippen LogP contribution is 2.13. The summed E-state index contributed by atoms with van der Waals surface area (Å²) < 4.78 is 2.03. The fraction of sp³-hybridized carbons (Fsp3) is 0.500. The number of nitrogens with zero attached hydrogens (tertiary/aromatic N) is 2. The third kappa shape index (κ3) is 7.75. The Morgan fingerprint density at radius 1 is 1.21 bits per heavy atom. The van der Waals surface area contributed by atoms with Gasteiger partial charge in [0.05, 0.1) is 11.4 Å². The highest BCUT2D eigenvalue weighted by Gasteiger charge is 2.04. The van der Waals surface area contributed by atoms with Gasteiger partial charge in [-0.25, -0.2) is 4.98 Å². The van der Waals surface area contributed by atoms with E-state index in [-0.39, 0.29) is 30.7 Å². The molecule has 0 saturated carbocycles. The number of nitrogens with one attached hydrogen (secondary N) is 2. The first-order chi connectivity index (χ1) is 10.7. The van der Waals surface area contributed by atoms with Gasteiger partial charge in [-0.15, -0.1) is 36.6 Å². The van der Waals surface area contributed by atoms with Crippen molar-refractivity contribution in [2.24, 2.45) is 0 Å². The molecule has 2 aromatic rings. The molecule has 0 aliphatic carbocycles. The summed E-state index contributed by atoms with van der Waals surface area (Å²) in [6.45, 7) is 6.71. The Labute approximate surface area is 160 Å². The van der Waals surface area contributed by atoms with Crippen molar-refractivity contribution in [3.63, 3.8) is 0 Å². The van der Waals surface area contributed by atoms with E-state index in [1.54, 1.807) is 11.8 Å². The maximum Gasteiger partial charge on any atom is 0.230 e. The fourth-order valence-corrected chi connectivity index (χ4v) is 2.85. The molecule has 0 saturated heterocycles. The third-order valence-electron chi connectivity index (χ3n) is 3.18. The SMILES string of the molecule is CCCNCCNC(=O)CSCc1cn2cc(C)ccc2n1.Cl.Cl. The predicted octanol–water partition coefficient (Wildman–Crippen LogP) is 2.84. The lowest BCUT2D eigenvalue weighted by atomic mass is 10.3. The zero-order chi connectivity index (χ0) is 15.8. The molecular formula is C16H26Cl2N4OS. The van der Waals surface area contributed by atoms with Crippen molar-refractivity contribution in [3.8, 4) is 0 Å². The minimum Gasteiger partial charge on any atom is -0.354 e. The Kier molecular flexibility index (Phi) is 11.9. The van der Waals surface area contributed by atoms with Gasteiger partial charge in [0.1, 0.15) is 5.65 Å². The molecular weight excluding hydrogens is 367 g/mol. The lowest BCUT2D eigenvalue weighted by Crippen LogP contribution is -2.33. The first-order valence-electron chi connectivity index (χ1n) is 7.68. The van der Waals surface area contributed by atoms with Crippen LogP contribution in [-0.2, 0) is 10.5 Å². The molecule has 24 heavy (non-hydrogen) atoms. The van der Waals surface area contributed by atoms with Gasteiger partial charge in [-0.05, 0) is 31.5 Å². The van der Waals surface area contributed by atoms with Crippen LogP contribution in [0.25, 0.3) is 5.65 Å². The number of rotatable bonds is 9. The lowest BCUT2D eigenvalue weighted by molar-refractivity contribution is -0.118. The second-order valence-electron chi connectivity index (χ2n) is 5.30. The normalized spacial score (nSPS) is 10.1. The second kappa shape index (κ2) is 12.4. The van der Waals surface area contributed by atoms with Crippen LogP contribution in [0.3, 0.4) is 0 Å². The Bertz CT molecular complexity index is 621. The predicted molar refractivity (Wildman–Crippen MR) is 107 cm³/mol. The number of hydrogen-bond donors (Lipinski definition) is 2. The number of hydrogen-bond acceptors (Lipinski definition) is 4. The molecule has 0 aliphatic heterocycles. The van der Waals surface area contributed by atoms with Crippen LogP contribution in [0.1, 0.15) is 24.6 Å². The van der Waals surface area contributed by atoms with E-state index in [0.29, 0.717) is 12.3 Å². The standard InChI is InChI=1S/C16H24N4OS.2ClH/c1-3-6-17-7-8-18-16(21)12-22-11-14-10-20-9-13(2)4-5-15(20)19-14;;/h4-5,9-10,17H,3,6-8,11-12H2,1-2H3,(H,18,21);2*1H. The largest absolute Gasteiger partial charge is 0.354 e. The smallest absolute Gasteiger partial charge is 0.230 e. The van der Waals surface area contributed by atoms with Gasteiger partial charge in [0.15, 0.2) is 0 Å². The molecule has 0 bridgehead atoms. The quantitative estimate of drug-likeness (QED) is 0.644. The van der Waals surface area contributed by atoms with Gasteiger partial charge in [-0.2, -0.15) is 0 Å². The number of halogens is 2. The average Bonchev–Trinajstić information content (AvgIpc) is 2.88. The number of thioether (sulfide) groups is 1. The van der Waals surface area contributed by atoms with E-state index in [1.165, 1.54) is 5.56 Å². The summed E-state index contributed by atoms with van der Waals surface area (Å²) in [4.78, 5) is 16.2. The number of fused-ring (bicyclic) bond motifs is 1. The van der Waals surface area contributed by atoms with Crippen molar-refractivity contribution < 1.29 is 4.79 Å². The topological polar surface area (TPSA) is 58.4 Å². The van der Waals surface area contributed by atoms with Crippen molar-refractivity contribution in [2.75, 3.05) is 25.4 Å². The summed E-state index contributed by atoms with van der Waals surface area (Å²) in [6, 6.07) is 4.07. The summed E-state index contributed by atoms with van der Waals surface area (Å²) >= 11 is 1.59. The molecule has 136 valence electrons. The summed E-state index contributed by atoms with van der Waals surface area (Å²) in [7, 11) is 0. The number of pyridine rings is 1. The molecule has 5 nitrogen and oxygen atoms in total. The Morgan fingerprint density at radius 2 is 2.00 bits per heavy atom. The number of aryl methyl sites for hydroxylation is 1. The Balaban J connectivity index is 0.00000264. The van der Waals surface area contributed by atoms with Crippen LogP contribution in [-0.4, -0.2) is 40.7 Å². The molecule has 2 heterocycles. The molecule has 0 unspecified atom stereocenters. The van der Waals surface area contributed by atoms with Crippen molar-refractivity contribution in [3.05, 3.63) is 35.8 Å². The summed E-state index contributed by atoms with van der Waals surface area (Å²) in [5, 5.41) is 6.17. The number of carbonyl (C=O) groups is 1. The maximum atomic E-state index is 11.7. The van der Waals surface area contributed by atoms with E-state index < -0.39 is 0 Å². The zero-order valence-electron chi connectivity index (χ0n) is 14.1. The highest BCUT2D eigenvalue weighted by molar-refractivity contribution is 7.99. The van der Waals surface area contributed by atoms with Gasteiger partial charge in [-0.3, -0.25) is 4.79 Å². The molecule has 2 aromatic heterocycles. The minimum absolute atomic E-state index is 0. The zero-order valence-corrected chi connectivity index (χ0v) is 16.5. The lowest BCUT2D eigenvalue weighted by Gasteiger charge is -2.05. The molecule has 2 rings (SSSR count). The van der Waals surface area contributed by atoms with Gasteiger partial charge < -0.3 is 15.0 Å². The molecule has 0 fully saturated rings. The van der Waals surface area contributed by atoms with E-state index in [0.717, 1.165) is 36.6 Å². The molecule has 0 spiro atoms. The molecule has 0 radical (unpaired) electrons. The van der Waals surface area contributed by atoms with Gasteiger partial charge in [-0.1, -0.05) is 13.0 Å². The van der Waals surface area contributed by atoms with Crippen LogP contribution >= 0.6 is 36.6 Å². The van der Waals surface area contributed by atoms with Gasteiger partial charge in [0, 0.05) is 31.2 Å². The molecule has 0 aliphatic rings. The van der Waals surface area contributed by atoms with Crippen LogP contribution in [0, 0.1) is 6.92 Å². The first kappa shape index (κ1) is 23.1. The summed E-state index contributed by atoms with van der Waals surface area (Å²) in [6.07, 6.45) is 5.21.